The van der Waals surface area contributed by atoms with Crippen LogP contribution in [0.2, 0.25) is 0 Å². The van der Waals surface area contributed by atoms with Crippen LogP contribution in [0.3, 0.4) is 0 Å². The van der Waals surface area contributed by atoms with E-state index in [0.717, 1.165) is 24.8 Å². The normalized spacial score (nSPS) is 16.5. The highest BCUT2D eigenvalue weighted by Gasteiger charge is 2.46. The molecule has 0 aromatic heterocycles. The second-order valence-corrected chi connectivity index (χ2v) is 9.11. The van der Waals surface area contributed by atoms with Crippen LogP contribution in [0.25, 0.3) is 5.76 Å². The SMILES string of the molecule is CCCCCOc1ccc(C2/C(=C(\O)c3ccc(OC)cc3)C(=O)C(=O)N2Cc2ccccc2)cc1OC. The molecule has 1 aliphatic heterocycles. The van der Waals surface area contributed by atoms with Crippen LogP contribution >= 0.6 is 0 Å². The topological polar surface area (TPSA) is 85.3 Å². The van der Waals surface area contributed by atoms with Gasteiger partial charge in [0.1, 0.15) is 11.5 Å². The first-order chi connectivity index (χ1) is 18.5. The van der Waals surface area contributed by atoms with Gasteiger partial charge in [-0.3, -0.25) is 9.59 Å². The lowest BCUT2D eigenvalue weighted by Gasteiger charge is -2.26. The van der Waals surface area contributed by atoms with E-state index in [0.29, 0.717) is 35.0 Å². The van der Waals surface area contributed by atoms with Gasteiger partial charge in [-0.05, 0) is 53.9 Å². The van der Waals surface area contributed by atoms with Crippen LogP contribution in [0.1, 0.15) is 48.9 Å². The van der Waals surface area contributed by atoms with Crippen LogP contribution in [0, 0.1) is 0 Å². The molecule has 7 heteroatoms. The van der Waals surface area contributed by atoms with Crippen molar-refractivity contribution in [3.63, 3.8) is 0 Å². The Morgan fingerprint density at radius 2 is 1.63 bits per heavy atom. The average molecular weight is 516 g/mol. The van der Waals surface area contributed by atoms with Crippen LogP contribution in [0.5, 0.6) is 17.2 Å². The van der Waals surface area contributed by atoms with Gasteiger partial charge >= 0.3 is 0 Å². The summed E-state index contributed by atoms with van der Waals surface area (Å²) in [6, 6.07) is 20.7. The quantitative estimate of drug-likeness (QED) is 0.148. The van der Waals surface area contributed by atoms with Gasteiger partial charge in [0, 0.05) is 12.1 Å². The molecule has 0 saturated carbocycles. The monoisotopic (exact) mass is 515 g/mol. The number of hydrogen-bond acceptors (Lipinski definition) is 6. The third-order valence-electron chi connectivity index (χ3n) is 6.61. The fourth-order valence-corrected chi connectivity index (χ4v) is 4.58. The van der Waals surface area contributed by atoms with Crippen LogP contribution < -0.4 is 14.2 Å². The minimum absolute atomic E-state index is 0.0229. The van der Waals surface area contributed by atoms with Crippen molar-refractivity contribution in [2.24, 2.45) is 0 Å². The summed E-state index contributed by atoms with van der Waals surface area (Å²) in [5.41, 5.74) is 1.94. The molecule has 38 heavy (non-hydrogen) atoms. The second-order valence-electron chi connectivity index (χ2n) is 9.11. The molecule has 4 rings (SSSR count). The third-order valence-corrected chi connectivity index (χ3v) is 6.61. The Bertz CT molecular complexity index is 1300. The van der Waals surface area contributed by atoms with Gasteiger partial charge < -0.3 is 24.2 Å². The molecule has 1 N–H and O–H groups in total. The summed E-state index contributed by atoms with van der Waals surface area (Å²) < 4.78 is 16.8. The summed E-state index contributed by atoms with van der Waals surface area (Å²) in [6.45, 7) is 2.90. The largest absolute Gasteiger partial charge is 0.507 e. The molecule has 7 nitrogen and oxygen atoms in total. The molecular formula is C31H33NO6. The van der Waals surface area contributed by atoms with Crippen molar-refractivity contribution in [3.05, 3.63) is 95.1 Å². The Hall–Kier alpha value is -4.26. The first-order valence-electron chi connectivity index (χ1n) is 12.8. The number of rotatable bonds is 11. The molecule has 1 atom stereocenters. The van der Waals surface area contributed by atoms with E-state index in [1.54, 1.807) is 50.6 Å². The number of carbonyl (C=O) groups excluding carboxylic acids is 2. The van der Waals surface area contributed by atoms with Crippen LogP contribution in [0.4, 0.5) is 0 Å². The summed E-state index contributed by atoms with van der Waals surface area (Å²) in [6.07, 6.45) is 3.09. The van der Waals surface area contributed by atoms with Gasteiger partial charge in [0.2, 0.25) is 0 Å². The molecule has 1 fully saturated rings. The van der Waals surface area contributed by atoms with Crippen molar-refractivity contribution < 1.29 is 28.9 Å². The van der Waals surface area contributed by atoms with E-state index in [-0.39, 0.29) is 17.9 Å². The van der Waals surface area contributed by atoms with Crippen molar-refractivity contribution in [3.8, 4) is 17.2 Å². The number of ketones is 1. The molecule has 0 bridgehead atoms. The Morgan fingerprint density at radius 3 is 2.29 bits per heavy atom. The number of likely N-dealkylation sites (tertiary alicyclic amines) is 1. The number of methoxy groups -OCH3 is 2. The maximum absolute atomic E-state index is 13.4. The number of benzene rings is 3. The Kier molecular flexibility index (Phi) is 8.69. The Labute approximate surface area is 223 Å². The number of nitrogens with zero attached hydrogens (tertiary/aromatic N) is 1. The number of ether oxygens (including phenoxy) is 3. The lowest BCUT2D eigenvalue weighted by molar-refractivity contribution is -0.140. The maximum Gasteiger partial charge on any atom is 0.295 e. The molecule has 0 radical (unpaired) electrons. The number of unbranched alkanes of at least 4 members (excludes halogenated alkanes) is 2. The lowest BCUT2D eigenvalue weighted by Crippen LogP contribution is -2.29. The number of Topliss-reactive ketones (excluding diaryl/α,β-unsaturated/α-hetero) is 1. The molecule has 3 aromatic rings. The molecule has 0 aliphatic carbocycles. The molecule has 1 saturated heterocycles. The average Bonchev–Trinajstić information content (AvgIpc) is 3.20. The Balaban J connectivity index is 1.79. The van der Waals surface area contributed by atoms with Crippen molar-refractivity contribution in [2.45, 2.75) is 38.8 Å². The first-order valence-corrected chi connectivity index (χ1v) is 12.8. The van der Waals surface area contributed by atoms with Crippen molar-refractivity contribution in [1.82, 2.24) is 4.90 Å². The fraction of sp³-hybridized carbons (Fsp3) is 0.290. The zero-order chi connectivity index (χ0) is 27.1. The van der Waals surface area contributed by atoms with Gasteiger partial charge in [0.05, 0.1) is 32.4 Å². The molecule has 1 amide bonds. The minimum Gasteiger partial charge on any atom is -0.507 e. The number of carbonyl (C=O) groups is 2. The molecule has 1 aliphatic rings. The predicted molar refractivity (Wildman–Crippen MR) is 145 cm³/mol. The summed E-state index contributed by atoms with van der Waals surface area (Å²) in [4.78, 5) is 28.2. The number of aliphatic hydroxyl groups excluding tert-OH is 1. The number of aliphatic hydroxyl groups is 1. The van der Waals surface area contributed by atoms with Crippen LogP contribution in [0.15, 0.2) is 78.4 Å². The minimum atomic E-state index is -0.819. The standard InChI is InChI=1S/C31H33NO6/c1-4-5-9-18-38-25-17-14-23(19-26(25)37-3)28-27(29(33)22-12-15-24(36-2)16-13-22)30(34)31(35)32(28)20-21-10-7-6-8-11-21/h6-8,10-17,19,28,33H,4-5,9,18,20H2,1-3H3/b29-27+. The lowest BCUT2D eigenvalue weighted by atomic mass is 9.94. The second kappa shape index (κ2) is 12.3. The number of hydrogen-bond donors (Lipinski definition) is 1. The molecule has 1 unspecified atom stereocenters. The van der Waals surface area contributed by atoms with E-state index in [4.69, 9.17) is 14.2 Å². The van der Waals surface area contributed by atoms with E-state index in [9.17, 15) is 14.7 Å². The van der Waals surface area contributed by atoms with E-state index >= 15 is 0 Å². The van der Waals surface area contributed by atoms with Crippen LogP contribution in [-0.4, -0.2) is 42.5 Å². The van der Waals surface area contributed by atoms with Gasteiger partial charge in [-0.15, -0.1) is 0 Å². The zero-order valence-corrected chi connectivity index (χ0v) is 22.0. The highest BCUT2D eigenvalue weighted by atomic mass is 16.5. The maximum atomic E-state index is 13.4. The van der Waals surface area contributed by atoms with Crippen molar-refractivity contribution >= 4 is 17.4 Å². The highest BCUT2D eigenvalue weighted by molar-refractivity contribution is 6.46. The molecular weight excluding hydrogens is 482 g/mol. The van der Waals surface area contributed by atoms with Gasteiger partial charge in [0.15, 0.2) is 11.5 Å². The third kappa shape index (κ3) is 5.67. The summed E-state index contributed by atoms with van der Waals surface area (Å²) in [5, 5.41) is 11.3. The smallest absolute Gasteiger partial charge is 0.295 e. The van der Waals surface area contributed by atoms with E-state index in [1.807, 2.05) is 36.4 Å². The summed E-state index contributed by atoms with van der Waals surface area (Å²) >= 11 is 0. The Morgan fingerprint density at radius 1 is 0.895 bits per heavy atom. The summed E-state index contributed by atoms with van der Waals surface area (Å²) in [7, 11) is 3.10. The zero-order valence-electron chi connectivity index (χ0n) is 22.0. The van der Waals surface area contributed by atoms with E-state index in [1.165, 1.54) is 4.90 Å². The molecule has 1 heterocycles. The predicted octanol–water partition coefficient (Wildman–Crippen LogP) is 5.89. The van der Waals surface area contributed by atoms with Crippen LogP contribution in [-0.2, 0) is 16.1 Å². The molecule has 198 valence electrons. The van der Waals surface area contributed by atoms with Gasteiger partial charge in [-0.25, -0.2) is 0 Å². The first kappa shape index (κ1) is 26.8. The van der Waals surface area contributed by atoms with Gasteiger partial charge in [-0.2, -0.15) is 0 Å². The number of amides is 1. The van der Waals surface area contributed by atoms with Crippen molar-refractivity contribution in [2.75, 3.05) is 20.8 Å². The van der Waals surface area contributed by atoms with E-state index in [2.05, 4.69) is 6.92 Å². The van der Waals surface area contributed by atoms with Gasteiger partial charge in [-0.1, -0.05) is 56.2 Å². The molecule has 0 spiro atoms. The van der Waals surface area contributed by atoms with E-state index < -0.39 is 17.7 Å². The fourth-order valence-electron chi connectivity index (χ4n) is 4.58. The summed E-state index contributed by atoms with van der Waals surface area (Å²) in [5.74, 6) is 0.0365. The van der Waals surface area contributed by atoms with Gasteiger partial charge in [0.25, 0.3) is 11.7 Å². The van der Waals surface area contributed by atoms with Crippen molar-refractivity contribution in [1.29, 1.82) is 0 Å². The highest BCUT2D eigenvalue weighted by Crippen LogP contribution is 2.42. The molecule has 3 aromatic carbocycles.